The standard InChI is InChI=1S/C14H20BrN3O2/c1-17(13-6-4-12(16)5-7-13)9-10-2-3-11(15)8-14(10)18(19)20/h2-3,8,12-13H,4-7,9,16H2,1H3. The molecule has 1 aliphatic rings. The summed E-state index contributed by atoms with van der Waals surface area (Å²) in [4.78, 5) is 13.0. The zero-order valence-corrected chi connectivity index (χ0v) is 13.2. The molecule has 20 heavy (non-hydrogen) atoms. The van der Waals surface area contributed by atoms with Crippen molar-refractivity contribution in [3.05, 3.63) is 38.3 Å². The van der Waals surface area contributed by atoms with Crippen molar-refractivity contribution in [3.63, 3.8) is 0 Å². The minimum absolute atomic E-state index is 0.179. The fraction of sp³-hybridized carbons (Fsp3) is 0.571. The minimum atomic E-state index is -0.315. The number of halogens is 1. The Kier molecular flexibility index (Phi) is 5.12. The topological polar surface area (TPSA) is 72.4 Å². The van der Waals surface area contributed by atoms with Gasteiger partial charge in [-0.15, -0.1) is 0 Å². The van der Waals surface area contributed by atoms with Crippen molar-refractivity contribution in [1.29, 1.82) is 0 Å². The van der Waals surface area contributed by atoms with Crippen molar-refractivity contribution >= 4 is 21.6 Å². The molecule has 2 rings (SSSR count). The minimum Gasteiger partial charge on any atom is -0.328 e. The maximum absolute atomic E-state index is 11.1. The number of nitro benzene ring substituents is 1. The van der Waals surface area contributed by atoms with E-state index in [1.54, 1.807) is 6.07 Å². The second-order valence-corrected chi connectivity index (χ2v) is 6.43. The zero-order chi connectivity index (χ0) is 14.7. The van der Waals surface area contributed by atoms with Crippen LogP contribution in [-0.4, -0.2) is 29.0 Å². The summed E-state index contributed by atoms with van der Waals surface area (Å²) in [6.45, 7) is 0.601. The van der Waals surface area contributed by atoms with Crippen LogP contribution in [0.2, 0.25) is 0 Å². The first-order chi connectivity index (χ1) is 9.47. The van der Waals surface area contributed by atoms with Gasteiger partial charge in [0, 0.05) is 34.7 Å². The van der Waals surface area contributed by atoms with Crippen molar-refractivity contribution in [1.82, 2.24) is 4.90 Å². The van der Waals surface area contributed by atoms with Gasteiger partial charge in [0.15, 0.2) is 0 Å². The van der Waals surface area contributed by atoms with Gasteiger partial charge in [0.05, 0.1) is 4.92 Å². The third-order valence-corrected chi connectivity index (χ3v) is 4.52. The quantitative estimate of drug-likeness (QED) is 0.674. The Morgan fingerprint density at radius 3 is 2.65 bits per heavy atom. The van der Waals surface area contributed by atoms with Gasteiger partial charge in [0.25, 0.3) is 5.69 Å². The molecule has 0 atom stereocenters. The Bertz CT molecular complexity index is 487. The molecule has 6 heteroatoms. The van der Waals surface area contributed by atoms with Gasteiger partial charge in [-0.25, -0.2) is 0 Å². The molecule has 0 aromatic heterocycles. The molecule has 0 spiro atoms. The SMILES string of the molecule is CN(Cc1ccc(Br)cc1[N+](=O)[O-])C1CCC(N)CC1. The highest BCUT2D eigenvalue weighted by molar-refractivity contribution is 9.10. The summed E-state index contributed by atoms with van der Waals surface area (Å²) in [5.41, 5.74) is 6.86. The normalized spacial score (nSPS) is 23.0. The van der Waals surface area contributed by atoms with Crippen LogP contribution < -0.4 is 5.73 Å². The Balaban J connectivity index is 2.07. The Hall–Kier alpha value is -0.980. The first-order valence-electron chi connectivity index (χ1n) is 6.86. The van der Waals surface area contributed by atoms with Crippen LogP contribution >= 0.6 is 15.9 Å². The molecule has 0 saturated heterocycles. The predicted molar refractivity (Wildman–Crippen MR) is 82.5 cm³/mol. The number of nitro groups is 1. The van der Waals surface area contributed by atoms with Gasteiger partial charge in [-0.05, 0) is 44.9 Å². The van der Waals surface area contributed by atoms with E-state index in [2.05, 4.69) is 20.8 Å². The van der Waals surface area contributed by atoms with Gasteiger partial charge in [-0.2, -0.15) is 0 Å². The van der Waals surface area contributed by atoms with E-state index in [0.29, 0.717) is 18.6 Å². The maximum Gasteiger partial charge on any atom is 0.275 e. The number of hydrogen-bond donors (Lipinski definition) is 1. The molecule has 1 saturated carbocycles. The largest absolute Gasteiger partial charge is 0.328 e. The summed E-state index contributed by atoms with van der Waals surface area (Å²) in [6, 6.07) is 6.04. The third kappa shape index (κ3) is 3.77. The monoisotopic (exact) mass is 341 g/mol. The molecule has 0 unspecified atom stereocenters. The van der Waals surface area contributed by atoms with Gasteiger partial charge in [0.2, 0.25) is 0 Å². The maximum atomic E-state index is 11.1. The Morgan fingerprint density at radius 1 is 1.40 bits per heavy atom. The summed E-state index contributed by atoms with van der Waals surface area (Å²) in [5, 5.41) is 11.1. The molecule has 5 nitrogen and oxygen atoms in total. The highest BCUT2D eigenvalue weighted by Gasteiger charge is 2.24. The molecule has 2 N–H and O–H groups in total. The number of nitrogens with two attached hydrogens (primary N) is 1. The summed E-state index contributed by atoms with van der Waals surface area (Å²) < 4.78 is 0.735. The van der Waals surface area contributed by atoms with Gasteiger partial charge in [-0.1, -0.05) is 15.9 Å². The molecule has 0 heterocycles. The Labute approximate surface area is 127 Å². The van der Waals surface area contributed by atoms with Crippen LogP contribution in [0.5, 0.6) is 0 Å². The van der Waals surface area contributed by atoms with Gasteiger partial charge < -0.3 is 5.73 Å². The van der Waals surface area contributed by atoms with Gasteiger partial charge >= 0.3 is 0 Å². The molecule has 1 fully saturated rings. The van der Waals surface area contributed by atoms with Crippen LogP contribution in [0.4, 0.5) is 5.69 Å². The smallest absolute Gasteiger partial charge is 0.275 e. The summed E-state index contributed by atoms with van der Waals surface area (Å²) in [5.74, 6) is 0. The molecule has 1 aromatic carbocycles. The van der Waals surface area contributed by atoms with Crippen molar-refractivity contribution in [2.75, 3.05) is 7.05 Å². The van der Waals surface area contributed by atoms with E-state index in [1.165, 1.54) is 0 Å². The number of benzene rings is 1. The molecule has 0 radical (unpaired) electrons. The molecule has 1 aliphatic carbocycles. The van der Waals surface area contributed by atoms with E-state index in [4.69, 9.17) is 5.73 Å². The van der Waals surface area contributed by atoms with E-state index in [0.717, 1.165) is 35.7 Å². The van der Waals surface area contributed by atoms with E-state index in [9.17, 15) is 10.1 Å². The van der Waals surface area contributed by atoms with Crippen LogP contribution in [0.25, 0.3) is 0 Å². The van der Waals surface area contributed by atoms with Crippen molar-refractivity contribution in [2.45, 2.75) is 44.3 Å². The molecule has 110 valence electrons. The van der Waals surface area contributed by atoms with Crippen LogP contribution in [0.1, 0.15) is 31.2 Å². The lowest BCUT2D eigenvalue weighted by Gasteiger charge is -2.33. The molecule has 1 aromatic rings. The Morgan fingerprint density at radius 2 is 2.05 bits per heavy atom. The number of nitrogens with zero attached hydrogens (tertiary/aromatic N) is 2. The highest BCUT2D eigenvalue weighted by Crippen LogP contribution is 2.27. The molecule has 0 aliphatic heterocycles. The molecular weight excluding hydrogens is 322 g/mol. The first-order valence-corrected chi connectivity index (χ1v) is 7.65. The van der Waals surface area contributed by atoms with E-state index < -0.39 is 0 Å². The first kappa shape index (κ1) is 15.4. The zero-order valence-electron chi connectivity index (χ0n) is 11.6. The third-order valence-electron chi connectivity index (χ3n) is 4.03. The van der Waals surface area contributed by atoms with Crippen molar-refractivity contribution in [3.8, 4) is 0 Å². The molecule has 0 bridgehead atoms. The van der Waals surface area contributed by atoms with Crippen LogP contribution in [-0.2, 0) is 6.54 Å². The van der Waals surface area contributed by atoms with Gasteiger partial charge in [-0.3, -0.25) is 15.0 Å². The highest BCUT2D eigenvalue weighted by atomic mass is 79.9. The number of hydrogen-bond acceptors (Lipinski definition) is 4. The van der Waals surface area contributed by atoms with Gasteiger partial charge in [0.1, 0.15) is 0 Å². The van der Waals surface area contributed by atoms with E-state index in [1.807, 2.05) is 19.2 Å². The van der Waals surface area contributed by atoms with Crippen molar-refractivity contribution in [2.24, 2.45) is 5.73 Å². The lowest BCUT2D eigenvalue weighted by Crippen LogP contribution is -2.38. The van der Waals surface area contributed by atoms with Crippen LogP contribution in [0.15, 0.2) is 22.7 Å². The average molecular weight is 342 g/mol. The summed E-state index contributed by atoms with van der Waals surface area (Å²) in [6.07, 6.45) is 4.22. The fourth-order valence-electron chi connectivity index (χ4n) is 2.78. The molecular formula is C14H20BrN3O2. The van der Waals surface area contributed by atoms with Crippen LogP contribution in [0.3, 0.4) is 0 Å². The van der Waals surface area contributed by atoms with E-state index >= 15 is 0 Å². The lowest BCUT2D eigenvalue weighted by molar-refractivity contribution is -0.385. The second-order valence-electron chi connectivity index (χ2n) is 5.51. The van der Waals surface area contributed by atoms with Crippen molar-refractivity contribution < 1.29 is 4.92 Å². The average Bonchev–Trinajstić information content (AvgIpc) is 2.41. The molecule has 0 amide bonds. The number of rotatable bonds is 4. The fourth-order valence-corrected chi connectivity index (χ4v) is 3.13. The summed E-state index contributed by atoms with van der Waals surface area (Å²) >= 11 is 3.28. The van der Waals surface area contributed by atoms with Crippen LogP contribution in [0, 0.1) is 10.1 Å². The lowest BCUT2D eigenvalue weighted by atomic mass is 9.91. The van der Waals surface area contributed by atoms with E-state index in [-0.39, 0.29) is 10.6 Å². The predicted octanol–water partition coefficient (Wildman–Crippen LogP) is 3.06. The summed E-state index contributed by atoms with van der Waals surface area (Å²) in [7, 11) is 2.04. The second kappa shape index (κ2) is 6.65.